The second-order valence-corrected chi connectivity index (χ2v) is 12.8. The average molecular weight is 589 g/mol. The average Bonchev–Trinajstić information content (AvgIpc) is 3.62. The molecule has 234 valence electrons. The van der Waals surface area contributed by atoms with Crippen LogP contribution in [0.1, 0.15) is 85.0 Å². The van der Waals surface area contributed by atoms with Crippen LogP contribution in [0.2, 0.25) is 0 Å². The largest absolute Gasteiger partial charge is 0.346 e. The van der Waals surface area contributed by atoms with Crippen molar-refractivity contribution < 1.29 is 28.8 Å². The highest BCUT2D eigenvalue weighted by molar-refractivity contribution is 6.38. The first-order valence-corrected chi connectivity index (χ1v) is 15.3. The fourth-order valence-corrected chi connectivity index (χ4v) is 5.69. The van der Waals surface area contributed by atoms with Crippen molar-refractivity contribution in [3.05, 3.63) is 12.7 Å². The van der Waals surface area contributed by atoms with Gasteiger partial charge in [0.2, 0.25) is 23.5 Å². The first kappa shape index (κ1) is 33.1. The monoisotopic (exact) mass is 588 g/mol. The zero-order valence-corrected chi connectivity index (χ0v) is 25.3. The Kier molecular flexibility index (Phi) is 11.9. The Morgan fingerprint density at radius 1 is 0.905 bits per heavy atom. The van der Waals surface area contributed by atoms with Gasteiger partial charge in [-0.25, -0.2) is 4.79 Å². The summed E-state index contributed by atoms with van der Waals surface area (Å²) in [5, 5.41) is 13.5. The molecule has 0 bridgehead atoms. The van der Waals surface area contributed by atoms with Crippen LogP contribution in [0.3, 0.4) is 0 Å². The van der Waals surface area contributed by atoms with Gasteiger partial charge in [0.1, 0.15) is 12.1 Å². The molecule has 12 heteroatoms. The lowest BCUT2D eigenvalue weighted by Crippen LogP contribution is -2.58. The van der Waals surface area contributed by atoms with Crippen LogP contribution in [-0.2, 0) is 24.0 Å². The van der Waals surface area contributed by atoms with Gasteiger partial charge in [0.25, 0.3) is 5.91 Å². The summed E-state index contributed by atoms with van der Waals surface area (Å²) in [5.74, 6) is -2.58. The van der Waals surface area contributed by atoms with E-state index in [9.17, 15) is 28.8 Å². The molecule has 3 atom stereocenters. The number of amides is 6. The second-order valence-electron chi connectivity index (χ2n) is 12.8. The van der Waals surface area contributed by atoms with E-state index < -0.39 is 59.1 Å². The van der Waals surface area contributed by atoms with Gasteiger partial charge in [0.15, 0.2) is 0 Å². The van der Waals surface area contributed by atoms with Crippen molar-refractivity contribution in [1.29, 1.82) is 0 Å². The number of urea groups is 1. The maximum absolute atomic E-state index is 13.3. The lowest BCUT2D eigenvalue weighted by molar-refractivity contribution is -0.142. The van der Waals surface area contributed by atoms with Crippen molar-refractivity contribution in [1.82, 2.24) is 31.5 Å². The highest BCUT2D eigenvalue weighted by atomic mass is 16.2. The molecule has 42 heavy (non-hydrogen) atoms. The molecule has 3 fully saturated rings. The highest BCUT2D eigenvalue weighted by Crippen LogP contribution is 2.34. The van der Waals surface area contributed by atoms with Crippen molar-refractivity contribution in [2.45, 2.75) is 109 Å². The lowest BCUT2D eigenvalue weighted by atomic mass is 9.83. The van der Waals surface area contributed by atoms with Crippen LogP contribution in [0, 0.1) is 11.8 Å². The summed E-state index contributed by atoms with van der Waals surface area (Å²) in [6.45, 7) is 9.25. The first-order chi connectivity index (χ1) is 19.9. The Bertz CT molecular complexity index is 1030. The van der Waals surface area contributed by atoms with Crippen LogP contribution in [0.25, 0.3) is 0 Å². The molecule has 0 aromatic heterocycles. The normalized spacial score (nSPS) is 20.5. The summed E-state index contributed by atoms with van der Waals surface area (Å²) in [6, 6.07) is -2.98. The number of nitrogens with one attached hydrogen (secondary N) is 5. The Hall–Kier alpha value is -3.44. The SMILES string of the molecule is C=CCNC(=O)C(=O)C(CC1CC1)NC(=O)C1CCCN1C(=O)CNC(=O)C(NC(=O)NC(C)(C)C)C1CCCCC1. The molecular formula is C30H48N6O6. The van der Waals surface area contributed by atoms with Crippen LogP contribution in [0.15, 0.2) is 12.7 Å². The summed E-state index contributed by atoms with van der Waals surface area (Å²) < 4.78 is 0. The predicted molar refractivity (Wildman–Crippen MR) is 157 cm³/mol. The molecule has 1 heterocycles. The first-order valence-electron chi connectivity index (χ1n) is 15.3. The fourth-order valence-electron chi connectivity index (χ4n) is 5.69. The van der Waals surface area contributed by atoms with Gasteiger partial charge in [0, 0.05) is 18.6 Å². The van der Waals surface area contributed by atoms with Crippen LogP contribution in [-0.4, -0.2) is 83.6 Å². The molecule has 2 saturated carbocycles. The molecule has 12 nitrogen and oxygen atoms in total. The molecule has 0 aromatic carbocycles. The Morgan fingerprint density at radius 2 is 1.60 bits per heavy atom. The minimum atomic E-state index is -0.964. The molecule has 1 aliphatic heterocycles. The van der Waals surface area contributed by atoms with Crippen molar-refractivity contribution in [3.63, 3.8) is 0 Å². The molecule has 2 aliphatic carbocycles. The van der Waals surface area contributed by atoms with E-state index in [1.807, 2.05) is 20.8 Å². The van der Waals surface area contributed by atoms with Crippen LogP contribution in [0.5, 0.6) is 0 Å². The molecule has 0 aromatic rings. The maximum Gasteiger partial charge on any atom is 0.315 e. The summed E-state index contributed by atoms with van der Waals surface area (Å²) in [7, 11) is 0. The molecule has 3 aliphatic rings. The van der Waals surface area contributed by atoms with E-state index in [4.69, 9.17) is 0 Å². The van der Waals surface area contributed by atoms with Gasteiger partial charge >= 0.3 is 6.03 Å². The Balaban J connectivity index is 1.60. The summed E-state index contributed by atoms with van der Waals surface area (Å²) in [4.78, 5) is 78.8. The number of rotatable bonds is 13. The van der Waals surface area contributed by atoms with E-state index in [1.54, 1.807) is 0 Å². The van der Waals surface area contributed by atoms with E-state index >= 15 is 0 Å². The molecule has 3 unspecified atom stereocenters. The number of likely N-dealkylation sites (tertiary alicyclic amines) is 1. The third-order valence-corrected chi connectivity index (χ3v) is 8.00. The number of carbonyl (C=O) groups is 6. The molecule has 1 saturated heterocycles. The quantitative estimate of drug-likeness (QED) is 0.161. The molecule has 3 rings (SSSR count). The third-order valence-electron chi connectivity index (χ3n) is 8.00. The second kappa shape index (κ2) is 15.2. The predicted octanol–water partition coefficient (Wildman–Crippen LogP) is 1.30. The van der Waals surface area contributed by atoms with Gasteiger partial charge in [-0.15, -0.1) is 6.58 Å². The van der Waals surface area contributed by atoms with Crippen molar-refractivity contribution >= 4 is 35.4 Å². The van der Waals surface area contributed by atoms with Crippen LogP contribution < -0.4 is 26.6 Å². The molecule has 0 radical (unpaired) electrons. The topological polar surface area (TPSA) is 166 Å². The minimum absolute atomic E-state index is 0.0329. The van der Waals surface area contributed by atoms with Crippen molar-refractivity contribution in [3.8, 4) is 0 Å². The van der Waals surface area contributed by atoms with E-state index in [1.165, 1.54) is 11.0 Å². The van der Waals surface area contributed by atoms with Crippen molar-refractivity contribution in [2.75, 3.05) is 19.6 Å². The zero-order chi connectivity index (χ0) is 30.9. The molecule has 0 spiro atoms. The van der Waals surface area contributed by atoms with Crippen LogP contribution >= 0.6 is 0 Å². The summed E-state index contributed by atoms with van der Waals surface area (Å²) in [6.07, 6.45) is 9.38. The summed E-state index contributed by atoms with van der Waals surface area (Å²) >= 11 is 0. The Labute approximate surface area is 248 Å². The number of Topliss-reactive ketones (excluding diaryl/α,β-unsaturated/α-hetero) is 1. The molecular weight excluding hydrogens is 540 g/mol. The highest BCUT2D eigenvalue weighted by Gasteiger charge is 2.39. The minimum Gasteiger partial charge on any atom is -0.346 e. The molecule has 5 N–H and O–H groups in total. The number of hydrogen-bond donors (Lipinski definition) is 5. The van der Waals surface area contributed by atoms with E-state index in [-0.39, 0.29) is 24.9 Å². The standard InChI is InChI=1S/C30H48N6O6/c1-5-15-31-28(41)25(38)21(17-19-13-14-19)33-26(39)22-12-9-16-36(22)23(37)18-32-27(40)24(20-10-7-6-8-11-20)34-29(42)35-30(2,3)4/h5,19-22,24H,1,6-18H2,2-4H3,(H,31,41)(H,32,40)(H,33,39)(H2,34,35,42). The summed E-state index contributed by atoms with van der Waals surface area (Å²) in [5.41, 5.74) is -0.476. The van der Waals surface area contributed by atoms with Gasteiger partial charge in [-0.2, -0.15) is 0 Å². The molecule has 6 amide bonds. The fraction of sp³-hybridized carbons (Fsp3) is 0.733. The van der Waals surface area contributed by atoms with Gasteiger partial charge in [-0.05, 0) is 64.7 Å². The van der Waals surface area contributed by atoms with E-state index in [2.05, 4.69) is 33.2 Å². The zero-order valence-electron chi connectivity index (χ0n) is 25.3. The lowest BCUT2D eigenvalue weighted by Gasteiger charge is -2.31. The number of hydrogen-bond acceptors (Lipinski definition) is 6. The number of ketones is 1. The van der Waals surface area contributed by atoms with Gasteiger partial charge in [-0.3, -0.25) is 24.0 Å². The van der Waals surface area contributed by atoms with Gasteiger partial charge in [-0.1, -0.05) is 38.2 Å². The Morgan fingerprint density at radius 3 is 2.21 bits per heavy atom. The smallest absolute Gasteiger partial charge is 0.315 e. The van der Waals surface area contributed by atoms with Crippen molar-refractivity contribution in [2.24, 2.45) is 11.8 Å². The van der Waals surface area contributed by atoms with E-state index in [0.29, 0.717) is 25.8 Å². The maximum atomic E-state index is 13.3. The van der Waals surface area contributed by atoms with E-state index in [0.717, 1.165) is 44.9 Å². The number of carbonyl (C=O) groups excluding carboxylic acids is 6. The van der Waals surface area contributed by atoms with Crippen LogP contribution in [0.4, 0.5) is 4.79 Å². The third kappa shape index (κ3) is 10.1. The number of nitrogens with zero attached hydrogens (tertiary/aromatic N) is 1. The van der Waals surface area contributed by atoms with Gasteiger partial charge < -0.3 is 31.5 Å². The van der Waals surface area contributed by atoms with Gasteiger partial charge in [0.05, 0.1) is 12.6 Å².